The molecule has 2 N–H and O–H groups in total. The summed E-state index contributed by atoms with van der Waals surface area (Å²) in [5.74, 6) is 0.382. The first-order chi connectivity index (χ1) is 9.09. The predicted molar refractivity (Wildman–Crippen MR) is 88.9 cm³/mol. The minimum absolute atomic E-state index is 0. The van der Waals surface area contributed by atoms with Crippen molar-refractivity contribution in [2.75, 3.05) is 13.1 Å². The van der Waals surface area contributed by atoms with Crippen LogP contribution >= 0.6 is 39.9 Å². The lowest BCUT2D eigenvalue weighted by Crippen LogP contribution is -2.44. The summed E-state index contributed by atoms with van der Waals surface area (Å²) < 4.78 is 0.744. The number of rotatable bonds is 3. The van der Waals surface area contributed by atoms with E-state index in [1.54, 1.807) is 6.07 Å². The second-order valence-electron chi connectivity index (χ2n) is 4.97. The van der Waals surface area contributed by atoms with E-state index in [9.17, 15) is 4.79 Å². The van der Waals surface area contributed by atoms with Gasteiger partial charge in [0.2, 0.25) is 0 Å². The summed E-state index contributed by atoms with van der Waals surface area (Å²) in [5.41, 5.74) is 0.520. The van der Waals surface area contributed by atoms with Gasteiger partial charge in [0.1, 0.15) is 0 Å². The summed E-state index contributed by atoms with van der Waals surface area (Å²) in [4.78, 5) is 12.2. The maximum absolute atomic E-state index is 12.2. The van der Waals surface area contributed by atoms with E-state index < -0.39 is 0 Å². The Balaban J connectivity index is 0.00000200. The first-order valence-corrected chi connectivity index (χ1v) is 7.72. The van der Waals surface area contributed by atoms with Gasteiger partial charge in [0.05, 0.1) is 10.6 Å². The van der Waals surface area contributed by atoms with E-state index in [-0.39, 0.29) is 24.4 Å². The Hall–Kier alpha value is -0.290. The zero-order chi connectivity index (χ0) is 13.8. The molecule has 112 valence electrons. The fraction of sp³-hybridized carbons (Fsp3) is 0.500. The zero-order valence-electron chi connectivity index (χ0n) is 11.3. The molecule has 0 radical (unpaired) electrons. The second kappa shape index (κ2) is 8.23. The highest BCUT2D eigenvalue weighted by atomic mass is 79.9. The molecular weight excluding hydrogens is 363 g/mol. The SMILES string of the molecule is CC(NC(=O)c1cccc(Br)c1Cl)C1CCCNC1.Cl. The van der Waals surface area contributed by atoms with Gasteiger partial charge >= 0.3 is 0 Å². The Kier molecular flexibility index (Phi) is 7.30. The molecule has 0 aromatic heterocycles. The van der Waals surface area contributed by atoms with Crippen LogP contribution < -0.4 is 10.6 Å². The van der Waals surface area contributed by atoms with Gasteiger partial charge in [0.15, 0.2) is 0 Å². The summed E-state index contributed by atoms with van der Waals surface area (Å²) >= 11 is 9.47. The molecule has 1 fully saturated rings. The first kappa shape index (κ1) is 17.8. The van der Waals surface area contributed by atoms with Gasteiger partial charge in [0.25, 0.3) is 5.91 Å². The van der Waals surface area contributed by atoms with E-state index in [1.807, 2.05) is 12.1 Å². The van der Waals surface area contributed by atoms with E-state index in [0.29, 0.717) is 16.5 Å². The molecule has 1 aliphatic rings. The quantitative estimate of drug-likeness (QED) is 0.838. The standard InChI is InChI=1S/C14H18BrClN2O.ClH/c1-9(10-4-3-7-17-8-10)18-14(19)11-5-2-6-12(15)13(11)16;/h2,5-6,9-10,17H,3-4,7-8H2,1H3,(H,18,19);1H. The van der Waals surface area contributed by atoms with Crippen molar-refractivity contribution in [1.29, 1.82) is 0 Å². The molecule has 1 amide bonds. The minimum atomic E-state index is -0.107. The largest absolute Gasteiger partial charge is 0.349 e. The Bertz CT molecular complexity index is 464. The highest BCUT2D eigenvalue weighted by Crippen LogP contribution is 2.26. The fourth-order valence-corrected chi connectivity index (χ4v) is 2.97. The highest BCUT2D eigenvalue weighted by molar-refractivity contribution is 9.10. The van der Waals surface area contributed by atoms with Gasteiger partial charge < -0.3 is 10.6 Å². The third kappa shape index (κ3) is 4.35. The van der Waals surface area contributed by atoms with Crippen LogP contribution in [0.15, 0.2) is 22.7 Å². The molecule has 1 saturated heterocycles. The molecule has 1 aliphatic heterocycles. The number of benzene rings is 1. The summed E-state index contributed by atoms with van der Waals surface area (Å²) in [6.45, 7) is 4.10. The van der Waals surface area contributed by atoms with Gasteiger partial charge in [-0.05, 0) is 66.8 Å². The number of piperidine rings is 1. The Labute approximate surface area is 139 Å². The molecular formula is C14H19BrCl2N2O. The van der Waals surface area contributed by atoms with Crippen molar-refractivity contribution in [3.05, 3.63) is 33.3 Å². The van der Waals surface area contributed by atoms with Crippen LogP contribution in [-0.2, 0) is 0 Å². The maximum Gasteiger partial charge on any atom is 0.253 e. The number of amides is 1. The average Bonchev–Trinajstić information content (AvgIpc) is 2.42. The average molecular weight is 382 g/mol. The summed E-state index contributed by atoms with van der Waals surface area (Å²) in [6.07, 6.45) is 2.32. The molecule has 3 nitrogen and oxygen atoms in total. The van der Waals surface area contributed by atoms with Crippen LogP contribution in [0.4, 0.5) is 0 Å². The lowest BCUT2D eigenvalue weighted by Gasteiger charge is -2.29. The smallest absolute Gasteiger partial charge is 0.253 e. The molecule has 0 saturated carbocycles. The van der Waals surface area contributed by atoms with E-state index in [1.165, 1.54) is 6.42 Å². The Morgan fingerprint density at radius 1 is 1.55 bits per heavy atom. The van der Waals surface area contributed by atoms with Gasteiger partial charge in [-0.1, -0.05) is 17.7 Å². The van der Waals surface area contributed by atoms with Crippen molar-refractivity contribution in [2.45, 2.75) is 25.8 Å². The van der Waals surface area contributed by atoms with E-state index >= 15 is 0 Å². The van der Waals surface area contributed by atoms with E-state index in [0.717, 1.165) is 24.0 Å². The van der Waals surface area contributed by atoms with Crippen LogP contribution in [0.1, 0.15) is 30.1 Å². The van der Waals surface area contributed by atoms with Gasteiger partial charge in [-0.25, -0.2) is 0 Å². The van der Waals surface area contributed by atoms with Crippen molar-refractivity contribution in [2.24, 2.45) is 5.92 Å². The van der Waals surface area contributed by atoms with Gasteiger partial charge in [-0.3, -0.25) is 4.79 Å². The number of hydrogen-bond donors (Lipinski definition) is 2. The number of halogens is 3. The van der Waals surface area contributed by atoms with Gasteiger partial charge in [-0.2, -0.15) is 0 Å². The van der Waals surface area contributed by atoms with Crippen molar-refractivity contribution in [1.82, 2.24) is 10.6 Å². The normalized spacial score (nSPS) is 19.9. The highest BCUT2D eigenvalue weighted by Gasteiger charge is 2.22. The summed E-state index contributed by atoms with van der Waals surface area (Å²) in [7, 11) is 0. The topological polar surface area (TPSA) is 41.1 Å². The third-order valence-corrected chi connectivity index (χ3v) is 4.89. The lowest BCUT2D eigenvalue weighted by atomic mass is 9.92. The molecule has 1 heterocycles. The van der Waals surface area contributed by atoms with Crippen LogP contribution in [0.2, 0.25) is 5.02 Å². The molecule has 0 bridgehead atoms. The van der Waals surface area contributed by atoms with Crippen LogP contribution in [-0.4, -0.2) is 25.0 Å². The van der Waals surface area contributed by atoms with E-state index in [2.05, 4.69) is 33.5 Å². The lowest BCUT2D eigenvalue weighted by molar-refractivity contribution is 0.0922. The predicted octanol–water partition coefficient (Wildman–Crippen LogP) is 3.64. The third-order valence-electron chi connectivity index (χ3n) is 3.60. The molecule has 2 rings (SSSR count). The first-order valence-electron chi connectivity index (χ1n) is 6.55. The van der Waals surface area contributed by atoms with Crippen LogP contribution in [0, 0.1) is 5.92 Å². The Morgan fingerprint density at radius 3 is 2.95 bits per heavy atom. The van der Waals surface area contributed by atoms with Gasteiger partial charge in [-0.15, -0.1) is 12.4 Å². The van der Waals surface area contributed by atoms with Gasteiger partial charge in [0, 0.05) is 10.5 Å². The van der Waals surface area contributed by atoms with E-state index in [4.69, 9.17) is 11.6 Å². The molecule has 6 heteroatoms. The minimum Gasteiger partial charge on any atom is -0.349 e. The molecule has 1 aromatic rings. The molecule has 0 spiro atoms. The van der Waals surface area contributed by atoms with Crippen molar-refractivity contribution >= 4 is 45.8 Å². The maximum atomic E-state index is 12.2. The molecule has 20 heavy (non-hydrogen) atoms. The molecule has 2 unspecified atom stereocenters. The van der Waals surface area contributed by atoms with Crippen LogP contribution in [0.25, 0.3) is 0 Å². The number of carbonyl (C=O) groups excluding carboxylic acids is 1. The molecule has 1 aromatic carbocycles. The molecule has 2 atom stereocenters. The fourth-order valence-electron chi connectivity index (χ4n) is 2.39. The van der Waals surface area contributed by atoms with Crippen molar-refractivity contribution in [3.63, 3.8) is 0 Å². The summed E-state index contributed by atoms with van der Waals surface area (Å²) in [5, 5.41) is 6.88. The number of hydrogen-bond acceptors (Lipinski definition) is 2. The number of nitrogens with one attached hydrogen (secondary N) is 2. The Morgan fingerprint density at radius 2 is 2.30 bits per heavy atom. The number of carbonyl (C=O) groups is 1. The zero-order valence-corrected chi connectivity index (χ0v) is 14.4. The van der Waals surface area contributed by atoms with Crippen LogP contribution in [0.3, 0.4) is 0 Å². The summed E-state index contributed by atoms with van der Waals surface area (Å²) in [6, 6.07) is 5.54. The monoisotopic (exact) mass is 380 g/mol. The molecule has 0 aliphatic carbocycles. The second-order valence-corrected chi connectivity index (χ2v) is 6.20. The van der Waals surface area contributed by atoms with Crippen molar-refractivity contribution in [3.8, 4) is 0 Å². The van der Waals surface area contributed by atoms with Crippen LogP contribution in [0.5, 0.6) is 0 Å². The van der Waals surface area contributed by atoms with Crippen molar-refractivity contribution < 1.29 is 4.79 Å².